The first-order valence-electron chi connectivity index (χ1n) is 8.82. The van der Waals surface area contributed by atoms with Gasteiger partial charge in [0.15, 0.2) is 0 Å². The second kappa shape index (κ2) is 14.8. The van der Waals surface area contributed by atoms with Gasteiger partial charge in [-0.2, -0.15) is 0 Å². The Hall–Kier alpha value is -0.781. The Kier molecular flexibility index (Phi) is 14.3. The molecule has 4 nitrogen and oxygen atoms in total. The van der Waals surface area contributed by atoms with E-state index >= 15 is 0 Å². The van der Waals surface area contributed by atoms with Gasteiger partial charge >= 0.3 is 92.4 Å². The molecular formula is C18H32NO3Sn. The number of nitro groups is 1. The molecule has 0 unspecified atom stereocenters. The van der Waals surface area contributed by atoms with Crippen LogP contribution in [0.4, 0.5) is 5.69 Å². The molecule has 1 aromatic carbocycles. The quantitative estimate of drug-likeness (QED) is 0.274. The van der Waals surface area contributed by atoms with Crippen LogP contribution in [0.1, 0.15) is 59.3 Å². The van der Waals surface area contributed by atoms with E-state index in [2.05, 4.69) is 20.8 Å². The average molecular weight is 429 g/mol. The number of unbranched alkanes of at least 4 members (excludes halogenated alkanes) is 3. The third kappa shape index (κ3) is 12.3. The zero-order valence-corrected chi connectivity index (χ0v) is 17.7. The molecule has 5 heteroatoms. The zero-order valence-electron chi connectivity index (χ0n) is 14.9. The van der Waals surface area contributed by atoms with E-state index in [4.69, 9.17) is 5.11 Å². The van der Waals surface area contributed by atoms with E-state index in [1.54, 1.807) is 13.3 Å². The summed E-state index contributed by atoms with van der Waals surface area (Å²) in [6, 6.07) is 5.04. The van der Waals surface area contributed by atoms with E-state index in [0.717, 1.165) is 0 Å². The van der Waals surface area contributed by atoms with Gasteiger partial charge in [0.1, 0.15) is 5.75 Å². The van der Waals surface area contributed by atoms with Gasteiger partial charge in [-0.15, -0.1) is 0 Å². The Balaban J connectivity index is 0.000000433. The number of phenolic OH excluding ortho intramolecular Hbond substituents is 1. The summed E-state index contributed by atoms with van der Waals surface area (Å²) >= 11 is -0.839. The van der Waals surface area contributed by atoms with Crippen molar-refractivity contribution in [3.63, 3.8) is 0 Å². The predicted octanol–water partition coefficient (Wildman–Crippen LogP) is 6.18. The van der Waals surface area contributed by atoms with Gasteiger partial charge in [-0.1, -0.05) is 0 Å². The largest absolute Gasteiger partial charge is 0.508 e. The van der Waals surface area contributed by atoms with Crippen molar-refractivity contribution in [2.75, 3.05) is 0 Å². The Morgan fingerprint density at radius 1 is 0.913 bits per heavy atom. The topological polar surface area (TPSA) is 63.4 Å². The number of aromatic hydroxyl groups is 1. The number of phenols is 1. The fourth-order valence-electron chi connectivity index (χ4n) is 2.23. The Labute approximate surface area is 148 Å². The van der Waals surface area contributed by atoms with Crippen molar-refractivity contribution in [2.24, 2.45) is 0 Å². The van der Waals surface area contributed by atoms with Crippen LogP contribution < -0.4 is 0 Å². The van der Waals surface area contributed by atoms with E-state index in [9.17, 15) is 10.1 Å². The SMILES string of the molecule is CCC[CH2][Sn]([CH2]CCC)[CH2]CCC.O=[N+]([O-])c1ccc(O)cc1. The molecule has 0 fully saturated rings. The zero-order chi connectivity index (χ0) is 17.5. The van der Waals surface area contributed by atoms with E-state index in [1.165, 1.54) is 62.8 Å². The Morgan fingerprint density at radius 3 is 1.61 bits per heavy atom. The molecule has 0 saturated heterocycles. The molecule has 0 heterocycles. The Morgan fingerprint density at radius 2 is 1.30 bits per heavy atom. The smallest absolute Gasteiger partial charge is 0.269 e. The number of non-ortho nitro benzene ring substituents is 1. The summed E-state index contributed by atoms with van der Waals surface area (Å²) in [7, 11) is 0. The summed E-state index contributed by atoms with van der Waals surface area (Å²) in [6.45, 7) is 7.00. The number of nitro benzene ring substituents is 1. The van der Waals surface area contributed by atoms with Crippen LogP contribution in [0.2, 0.25) is 13.3 Å². The number of hydrogen-bond donors (Lipinski definition) is 1. The molecule has 1 N–H and O–H groups in total. The molecule has 0 atom stereocenters. The second-order valence-corrected chi connectivity index (χ2v) is 14.4. The molecule has 0 aromatic heterocycles. The molecule has 1 aromatic rings. The van der Waals surface area contributed by atoms with Crippen molar-refractivity contribution < 1.29 is 10.0 Å². The molecule has 0 amide bonds. The van der Waals surface area contributed by atoms with Crippen LogP contribution in [-0.2, 0) is 0 Å². The van der Waals surface area contributed by atoms with Crippen molar-refractivity contribution in [1.82, 2.24) is 0 Å². The van der Waals surface area contributed by atoms with Crippen LogP contribution in [0.25, 0.3) is 0 Å². The van der Waals surface area contributed by atoms with Crippen molar-refractivity contribution >= 4 is 25.4 Å². The van der Waals surface area contributed by atoms with E-state index in [-0.39, 0.29) is 11.4 Å². The normalized spacial score (nSPS) is 10.3. The van der Waals surface area contributed by atoms with Crippen molar-refractivity contribution in [1.29, 1.82) is 0 Å². The van der Waals surface area contributed by atoms with Gasteiger partial charge in [-0.25, -0.2) is 0 Å². The summed E-state index contributed by atoms with van der Waals surface area (Å²) < 4.78 is 5.04. The number of hydrogen-bond acceptors (Lipinski definition) is 3. The average Bonchev–Trinajstić information content (AvgIpc) is 2.55. The van der Waals surface area contributed by atoms with Gasteiger partial charge in [0.05, 0.1) is 4.92 Å². The molecule has 131 valence electrons. The summed E-state index contributed by atoms with van der Waals surface area (Å²) in [5.41, 5.74) is -0.0159. The minimum atomic E-state index is -0.839. The fraction of sp³-hybridized carbons (Fsp3) is 0.667. The fourth-order valence-corrected chi connectivity index (χ4v) is 11.7. The van der Waals surface area contributed by atoms with Gasteiger partial charge in [0.2, 0.25) is 0 Å². The van der Waals surface area contributed by atoms with Crippen LogP contribution in [0.3, 0.4) is 0 Å². The third-order valence-electron chi connectivity index (χ3n) is 3.71. The number of rotatable bonds is 10. The van der Waals surface area contributed by atoms with Crippen molar-refractivity contribution in [3.05, 3.63) is 34.4 Å². The van der Waals surface area contributed by atoms with Gasteiger partial charge in [-0.05, 0) is 12.1 Å². The van der Waals surface area contributed by atoms with Gasteiger partial charge in [0, 0.05) is 12.1 Å². The molecule has 0 bridgehead atoms. The minimum Gasteiger partial charge on any atom is -0.508 e. The summed E-state index contributed by atoms with van der Waals surface area (Å²) in [5.74, 6) is 0.0330. The number of nitrogens with zero attached hydrogens (tertiary/aromatic N) is 1. The first-order valence-corrected chi connectivity index (χ1v) is 14.9. The van der Waals surface area contributed by atoms with Crippen LogP contribution in [0.15, 0.2) is 24.3 Å². The maximum Gasteiger partial charge on any atom is 0.269 e. The number of benzene rings is 1. The molecule has 23 heavy (non-hydrogen) atoms. The predicted molar refractivity (Wildman–Crippen MR) is 99.7 cm³/mol. The van der Waals surface area contributed by atoms with Crippen LogP contribution in [0.5, 0.6) is 5.75 Å². The maximum absolute atomic E-state index is 10.0. The molecule has 0 aliphatic rings. The molecule has 0 saturated carbocycles. The van der Waals surface area contributed by atoms with Crippen LogP contribution in [-0.4, -0.2) is 29.8 Å². The third-order valence-corrected chi connectivity index (χ3v) is 12.8. The first-order chi connectivity index (χ1) is 11.0. The van der Waals surface area contributed by atoms with Crippen molar-refractivity contribution in [3.8, 4) is 5.75 Å². The van der Waals surface area contributed by atoms with Gasteiger partial charge < -0.3 is 5.11 Å². The molecule has 1 radical (unpaired) electrons. The van der Waals surface area contributed by atoms with E-state index < -0.39 is 24.7 Å². The summed E-state index contributed by atoms with van der Waals surface area (Å²) in [6.07, 6.45) is 8.85. The summed E-state index contributed by atoms with van der Waals surface area (Å²) in [5, 5.41) is 18.8. The molecule has 0 spiro atoms. The van der Waals surface area contributed by atoms with Crippen molar-refractivity contribution in [2.45, 2.75) is 72.6 Å². The standard InChI is InChI=1S/C6H5NO3.3C4H9.Sn/c8-6-3-1-5(2-4-6)7(9)10;3*1-3-4-2;/h1-4,8H;3*1,3-4H2,2H3;. The molecule has 0 aliphatic heterocycles. The minimum absolute atomic E-state index is 0.0159. The molecular weight excluding hydrogens is 397 g/mol. The van der Waals surface area contributed by atoms with Crippen LogP contribution in [0, 0.1) is 10.1 Å². The summed E-state index contributed by atoms with van der Waals surface area (Å²) in [4.78, 5) is 9.52. The molecule has 0 aliphatic carbocycles. The maximum atomic E-state index is 10.0. The van der Waals surface area contributed by atoms with E-state index in [1.807, 2.05) is 0 Å². The van der Waals surface area contributed by atoms with Crippen LogP contribution >= 0.6 is 0 Å². The molecule has 1 rings (SSSR count). The van der Waals surface area contributed by atoms with E-state index in [0.29, 0.717) is 0 Å². The van der Waals surface area contributed by atoms with Gasteiger partial charge in [-0.3, -0.25) is 10.1 Å². The Bertz CT molecular complexity index is 390. The second-order valence-electron chi connectivity index (χ2n) is 5.83. The van der Waals surface area contributed by atoms with Gasteiger partial charge in [0.25, 0.3) is 5.69 Å². The first kappa shape index (κ1) is 22.2. The monoisotopic (exact) mass is 430 g/mol.